The molecule has 0 saturated carbocycles. The highest BCUT2D eigenvalue weighted by molar-refractivity contribution is 9.10. The lowest BCUT2D eigenvalue weighted by Crippen LogP contribution is -1.81. The molecule has 0 aliphatic rings. The first-order valence-corrected chi connectivity index (χ1v) is 6.81. The minimum absolute atomic E-state index is 0.712. The van der Waals surface area contributed by atoms with Crippen LogP contribution in [0.1, 0.15) is 5.56 Å². The first kappa shape index (κ1) is 10.0. The van der Waals surface area contributed by atoms with Crippen LogP contribution in [-0.2, 0) is 0 Å². The van der Waals surface area contributed by atoms with E-state index in [1.807, 2.05) is 12.3 Å². The van der Waals surface area contributed by atoms with Crippen molar-refractivity contribution >= 4 is 49.1 Å². The zero-order chi connectivity index (χ0) is 10.1. The Bertz CT molecular complexity index is 525. The largest absolute Gasteiger partial charge is 0.192 e. The van der Waals surface area contributed by atoms with Crippen molar-refractivity contribution in [2.24, 2.45) is 0 Å². The molecular weight excluding hydrogens is 278 g/mol. The second kappa shape index (κ2) is 3.93. The SMILES string of the molecule is CSc1c(Br)c(C#N)cc2sccc12. The Labute approximate surface area is 98.9 Å². The molecule has 0 unspecified atom stereocenters. The van der Waals surface area contributed by atoms with E-state index >= 15 is 0 Å². The zero-order valence-corrected chi connectivity index (χ0v) is 10.6. The van der Waals surface area contributed by atoms with E-state index in [1.54, 1.807) is 23.1 Å². The van der Waals surface area contributed by atoms with Crippen molar-refractivity contribution in [2.75, 3.05) is 6.26 Å². The number of thiophene rings is 1. The molecule has 0 saturated heterocycles. The summed E-state index contributed by atoms with van der Waals surface area (Å²) in [5.74, 6) is 0. The molecule has 70 valence electrons. The van der Waals surface area contributed by atoms with Crippen molar-refractivity contribution < 1.29 is 0 Å². The molecule has 0 bridgehead atoms. The fraction of sp³-hybridized carbons (Fsp3) is 0.100. The van der Waals surface area contributed by atoms with Gasteiger partial charge in [0.05, 0.1) is 5.56 Å². The normalized spacial score (nSPS) is 10.4. The first-order valence-electron chi connectivity index (χ1n) is 3.91. The van der Waals surface area contributed by atoms with Crippen molar-refractivity contribution in [1.82, 2.24) is 0 Å². The van der Waals surface area contributed by atoms with E-state index < -0.39 is 0 Å². The van der Waals surface area contributed by atoms with E-state index in [-0.39, 0.29) is 0 Å². The molecule has 14 heavy (non-hydrogen) atoms. The van der Waals surface area contributed by atoms with Crippen molar-refractivity contribution in [1.29, 1.82) is 5.26 Å². The molecule has 2 aromatic rings. The van der Waals surface area contributed by atoms with Gasteiger partial charge in [0.1, 0.15) is 6.07 Å². The third-order valence-corrected chi connectivity index (χ3v) is 4.76. The van der Waals surface area contributed by atoms with Gasteiger partial charge in [-0.15, -0.1) is 23.1 Å². The average molecular weight is 284 g/mol. The van der Waals surface area contributed by atoms with Gasteiger partial charge >= 0.3 is 0 Å². The molecular formula is C10H6BrNS2. The lowest BCUT2D eigenvalue weighted by molar-refractivity contribution is 1.42. The molecule has 0 fully saturated rings. The number of hydrogen-bond acceptors (Lipinski definition) is 3. The van der Waals surface area contributed by atoms with Crippen LogP contribution < -0.4 is 0 Å². The molecule has 0 radical (unpaired) electrons. The van der Waals surface area contributed by atoms with E-state index in [9.17, 15) is 0 Å². The van der Waals surface area contributed by atoms with E-state index in [1.165, 1.54) is 10.1 Å². The van der Waals surface area contributed by atoms with Gasteiger partial charge in [0.15, 0.2) is 0 Å². The number of hydrogen-bond donors (Lipinski definition) is 0. The number of nitriles is 1. The number of halogens is 1. The van der Waals surface area contributed by atoms with E-state index in [2.05, 4.69) is 33.4 Å². The maximum Gasteiger partial charge on any atom is 0.100 e. The van der Waals surface area contributed by atoms with Gasteiger partial charge in [-0.3, -0.25) is 0 Å². The average Bonchev–Trinajstić information content (AvgIpc) is 2.64. The topological polar surface area (TPSA) is 23.8 Å². The summed E-state index contributed by atoms with van der Waals surface area (Å²) in [5.41, 5.74) is 0.712. The Kier molecular flexibility index (Phi) is 2.82. The summed E-state index contributed by atoms with van der Waals surface area (Å²) in [5, 5.41) is 12.2. The predicted molar refractivity (Wildman–Crippen MR) is 66.0 cm³/mol. The Morgan fingerprint density at radius 1 is 1.57 bits per heavy atom. The molecule has 1 heterocycles. The van der Waals surface area contributed by atoms with Gasteiger partial charge in [-0.05, 0) is 39.7 Å². The summed E-state index contributed by atoms with van der Waals surface area (Å²) >= 11 is 6.81. The minimum Gasteiger partial charge on any atom is -0.192 e. The maximum absolute atomic E-state index is 8.95. The molecule has 1 nitrogen and oxygen atoms in total. The lowest BCUT2D eigenvalue weighted by atomic mass is 10.2. The molecule has 4 heteroatoms. The van der Waals surface area contributed by atoms with Crippen molar-refractivity contribution in [2.45, 2.75) is 4.90 Å². The number of benzene rings is 1. The summed E-state index contributed by atoms with van der Waals surface area (Å²) in [7, 11) is 0. The fourth-order valence-corrected chi connectivity index (χ4v) is 3.82. The number of fused-ring (bicyclic) bond motifs is 1. The van der Waals surface area contributed by atoms with Crippen LogP contribution in [0.5, 0.6) is 0 Å². The standard InChI is InChI=1S/C10H6BrNS2/c1-13-10-7-2-3-14-8(7)4-6(5-12)9(10)11/h2-4H,1H3. The third kappa shape index (κ3) is 1.46. The second-order valence-electron chi connectivity index (χ2n) is 2.72. The van der Waals surface area contributed by atoms with Gasteiger partial charge in [-0.1, -0.05) is 0 Å². The summed E-state index contributed by atoms with van der Waals surface area (Å²) in [6.07, 6.45) is 2.03. The van der Waals surface area contributed by atoms with Gasteiger partial charge < -0.3 is 0 Å². The lowest BCUT2D eigenvalue weighted by Gasteiger charge is -2.04. The Hall–Kier alpha value is -0.500. The predicted octanol–water partition coefficient (Wildman–Crippen LogP) is 4.26. The van der Waals surface area contributed by atoms with Gasteiger partial charge in [0.2, 0.25) is 0 Å². The molecule has 2 rings (SSSR count). The van der Waals surface area contributed by atoms with Crippen LogP contribution in [0.25, 0.3) is 10.1 Å². The Morgan fingerprint density at radius 3 is 3.00 bits per heavy atom. The fourth-order valence-electron chi connectivity index (χ4n) is 1.34. The highest BCUT2D eigenvalue weighted by Crippen LogP contribution is 2.38. The van der Waals surface area contributed by atoms with Crippen molar-refractivity contribution in [3.8, 4) is 6.07 Å². The van der Waals surface area contributed by atoms with Gasteiger partial charge in [0.25, 0.3) is 0 Å². The molecule has 0 spiro atoms. The summed E-state index contributed by atoms with van der Waals surface area (Å²) in [6, 6.07) is 6.23. The van der Waals surface area contributed by atoms with Crippen LogP contribution >= 0.6 is 39.0 Å². The van der Waals surface area contributed by atoms with Crippen LogP contribution in [0.15, 0.2) is 26.9 Å². The Balaban J connectivity index is 2.89. The summed E-state index contributed by atoms with van der Waals surface area (Å²) < 4.78 is 2.09. The number of thioether (sulfide) groups is 1. The Morgan fingerprint density at radius 2 is 2.36 bits per heavy atom. The van der Waals surface area contributed by atoms with Crippen molar-refractivity contribution in [3.63, 3.8) is 0 Å². The van der Waals surface area contributed by atoms with E-state index in [0.29, 0.717) is 5.56 Å². The quantitative estimate of drug-likeness (QED) is 0.731. The van der Waals surface area contributed by atoms with Crippen LogP contribution in [0, 0.1) is 11.3 Å². The smallest absolute Gasteiger partial charge is 0.100 e. The van der Waals surface area contributed by atoms with Gasteiger partial charge in [-0.2, -0.15) is 5.26 Å². The van der Waals surface area contributed by atoms with E-state index in [4.69, 9.17) is 5.26 Å². The van der Waals surface area contributed by atoms with Crippen LogP contribution in [0.2, 0.25) is 0 Å². The van der Waals surface area contributed by atoms with Gasteiger partial charge in [-0.25, -0.2) is 0 Å². The summed E-state index contributed by atoms with van der Waals surface area (Å²) in [4.78, 5) is 1.15. The first-order chi connectivity index (χ1) is 6.77. The minimum atomic E-state index is 0.712. The molecule has 1 aromatic carbocycles. The van der Waals surface area contributed by atoms with Crippen LogP contribution in [0.3, 0.4) is 0 Å². The molecule has 0 aliphatic carbocycles. The number of rotatable bonds is 1. The monoisotopic (exact) mass is 283 g/mol. The molecule has 0 amide bonds. The highest BCUT2D eigenvalue weighted by Gasteiger charge is 2.10. The second-order valence-corrected chi connectivity index (χ2v) is 5.27. The maximum atomic E-state index is 8.95. The summed E-state index contributed by atoms with van der Waals surface area (Å²) in [6.45, 7) is 0. The van der Waals surface area contributed by atoms with E-state index in [0.717, 1.165) is 9.37 Å². The molecule has 1 aromatic heterocycles. The van der Waals surface area contributed by atoms with Crippen LogP contribution in [0.4, 0.5) is 0 Å². The molecule has 0 atom stereocenters. The zero-order valence-electron chi connectivity index (χ0n) is 7.37. The molecule has 0 N–H and O–H groups in total. The third-order valence-electron chi connectivity index (χ3n) is 1.98. The van der Waals surface area contributed by atoms with Gasteiger partial charge in [0, 0.05) is 19.5 Å². The highest BCUT2D eigenvalue weighted by atomic mass is 79.9. The van der Waals surface area contributed by atoms with Crippen LogP contribution in [-0.4, -0.2) is 6.26 Å². The molecule has 0 aliphatic heterocycles. The van der Waals surface area contributed by atoms with Crippen molar-refractivity contribution in [3.05, 3.63) is 27.5 Å². The number of nitrogens with zero attached hydrogens (tertiary/aromatic N) is 1.